The Morgan fingerprint density at radius 1 is 1.37 bits per heavy atom. The van der Waals surface area contributed by atoms with Crippen LogP contribution in [0.2, 0.25) is 0 Å². The van der Waals surface area contributed by atoms with Crippen LogP contribution < -0.4 is 10.9 Å². The Bertz CT molecular complexity index is 1020. The number of carbonyl (C=O) groups excluding carboxylic acids is 1. The highest BCUT2D eigenvalue weighted by atomic mass is 35.5. The summed E-state index contributed by atoms with van der Waals surface area (Å²) in [5, 5.41) is 5.57. The molecule has 142 valence electrons. The summed E-state index contributed by atoms with van der Waals surface area (Å²) in [5.41, 5.74) is 0.520. The number of carbonyl (C=O) groups is 1. The van der Waals surface area contributed by atoms with Crippen LogP contribution in [-0.4, -0.2) is 40.0 Å². The summed E-state index contributed by atoms with van der Waals surface area (Å²) in [4.78, 5) is 32.0. The highest BCUT2D eigenvalue weighted by Gasteiger charge is 2.28. The lowest BCUT2D eigenvalue weighted by Crippen LogP contribution is -2.50. The van der Waals surface area contributed by atoms with Gasteiger partial charge in [-0.05, 0) is 29.1 Å². The molecule has 3 heterocycles. The molecule has 1 amide bonds. The van der Waals surface area contributed by atoms with Crippen molar-refractivity contribution in [1.29, 1.82) is 0 Å². The average molecular weight is 409 g/mol. The SMILES string of the molecule is Cl.O=C(Cn1cnc2sccc2c1=O)N1CCNCC1c1cccc(F)c1. The number of nitrogens with one attached hydrogen (secondary N) is 1. The first-order valence-electron chi connectivity index (χ1n) is 8.32. The molecule has 3 aromatic rings. The first-order valence-corrected chi connectivity index (χ1v) is 9.20. The van der Waals surface area contributed by atoms with Crippen LogP contribution in [0.4, 0.5) is 4.39 Å². The number of amides is 1. The minimum Gasteiger partial charge on any atom is -0.332 e. The molecule has 9 heteroatoms. The molecule has 1 fully saturated rings. The molecule has 1 unspecified atom stereocenters. The van der Waals surface area contributed by atoms with E-state index >= 15 is 0 Å². The zero-order valence-electron chi connectivity index (χ0n) is 14.3. The van der Waals surface area contributed by atoms with Gasteiger partial charge < -0.3 is 10.2 Å². The smallest absolute Gasteiger partial charge is 0.262 e. The second-order valence-corrected chi connectivity index (χ2v) is 7.07. The number of hydrogen-bond acceptors (Lipinski definition) is 5. The van der Waals surface area contributed by atoms with E-state index in [9.17, 15) is 14.0 Å². The van der Waals surface area contributed by atoms with E-state index in [-0.39, 0.29) is 42.3 Å². The molecule has 27 heavy (non-hydrogen) atoms. The number of piperazine rings is 1. The van der Waals surface area contributed by atoms with Gasteiger partial charge in [0.15, 0.2) is 0 Å². The van der Waals surface area contributed by atoms with Crippen LogP contribution in [0.3, 0.4) is 0 Å². The number of hydrogen-bond donors (Lipinski definition) is 1. The van der Waals surface area contributed by atoms with Crippen LogP contribution in [0.1, 0.15) is 11.6 Å². The summed E-state index contributed by atoms with van der Waals surface area (Å²) >= 11 is 1.39. The first kappa shape index (κ1) is 19.5. The van der Waals surface area contributed by atoms with Crippen LogP contribution in [0.15, 0.2) is 46.8 Å². The van der Waals surface area contributed by atoms with Gasteiger partial charge in [0.05, 0.1) is 17.8 Å². The van der Waals surface area contributed by atoms with Gasteiger partial charge in [0, 0.05) is 19.6 Å². The van der Waals surface area contributed by atoms with Gasteiger partial charge in [-0.3, -0.25) is 14.2 Å². The highest BCUT2D eigenvalue weighted by molar-refractivity contribution is 7.16. The molecule has 0 radical (unpaired) electrons. The molecule has 2 aromatic heterocycles. The topological polar surface area (TPSA) is 67.2 Å². The Balaban J connectivity index is 0.00000210. The number of fused-ring (bicyclic) bond motifs is 1. The second-order valence-electron chi connectivity index (χ2n) is 6.18. The fraction of sp³-hybridized carbons (Fsp3) is 0.278. The molecule has 1 aromatic carbocycles. The number of benzene rings is 1. The highest BCUT2D eigenvalue weighted by Crippen LogP contribution is 2.23. The third-order valence-corrected chi connectivity index (χ3v) is 5.37. The zero-order chi connectivity index (χ0) is 18.1. The van der Waals surface area contributed by atoms with E-state index < -0.39 is 0 Å². The van der Waals surface area contributed by atoms with Crippen LogP contribution in [0.25, 0.3) is 10.2 Å². The van der Waals surface area contributed by atoms with Gasteiger partial charge in [0.25, 0.3) is 5.56 Å². The molecule has 1 aliphatic rings. The summed E-state index contributed by atoms with van der Waals surface area (Å²) in [6.07, 6.45) is 1.42. The number of aromatic nitrogens is 2. The van der Waals surface area contributed by atoms with E-state index in [2.05, 4.69) is 10.3 Å². The van der Waals surface area contributed by atoms with E-state index in [1.807, 2.05) is 11.4 Å². The Morgan fingerprint density at radius 3 is 3.04 bits per heavy atom. The quantitative estimate of drug-likeness (QED) is 0.721. The third kappa shape index (κ3) is 3.87. The van der Waals surface area contributed by atoms with E-state index in [1.165, 1.54) is 34.4 Å². The van der Waals surface area contributed by atoms with Crippen molar-refractivity contribution in [3.05, 3.63) is 63.8 Å². The van der Waals surface area contributed by atoms with Crippen LogP contribution in [0.5, 0.6) is 0 Å². The maximum absolute atomic E-state index is 13.6. The largest absolute Gasteiger partial charge is 0.332 e. The molecule has 0 saturated carbocycles. The van der Waals surface area contributed by atoms with Crippen molar-refractivity contribution in [1.82, 2.24) is 19.8 Å². The molecule has 1 atom stereocenters. The molecule has 0 aliphatic carbocycles. The fourth-order valence-corrected chi connectivity index (χ4v) is 3.98. The van der Waals surface area contributed by atoms with Crippen LogP contribution >= 0.6 is 23.7 Å². The molecule has 0 bridgehead atoms. The third-order valence-electron chi connectivity index (χ3n) is 4.55. The Labute approximate surface area is 165 Å². The number of halogens is 2. The van der Waals surface area contributed by atoms with E-state index in [4.69, 9.17) is 0 Å². The summed E-state index contributed by atoms with van der Waals surface area (Å²) in [5.74, 6) is -0.511. The second kappa shape index (κ2) is 8.16. The standard InChI is InChI=1S/C18H17FN4O2S.ClH/c19-13-3-1-2-12(8-13)15-9-20-5-6-23(15)16(24)10-22-11-21-17-14(18(22)25)4-7-26-17;/h1-4,7-8,11,15,20H,5-6,9-10H2;1H. The van der Waals surface area contributed by atoms with Crippen molar-refractivity contribution < 1.29 is 9.18 Å². The lowest BCUT2D eigenvalue weighted by atomic mass is 10.0. The predicted octanol–water partition coefficient (Wildman–Crippen LogP) is 2.19. The summed E-state index contributed by atoms with van der Waals surface area (Å²) < 4.78 is 14.9. The zero-order valence-corrected chi connectivity index (χ0v) is 15.9. The van der Waals surface area contributed by atoms with Gasteiger partial charge in [0.1, 0.15) is 17.2 Å². The van der Waals surface area contributed by atoms with Crippen molar-refractivity contribution in [2.75, 3.05) is 19.6 Å². The fourth-order valence-electron chi connectivity index (χ4n) is 3.26. The van der Waals surface area contributed by atoms with Crippen molar-refractivity contribution >= 4 is 39.9 Å². The maximum atomic E-state index is 13.6. The van der Waals surface area contributed by atoms with E-state index in [0.29, 0.717) is 29.9 Å². The number of thiophene rings is 1. The lowest BCUT2D eigenvalue weighted by molar-refractivity contribution is -0.135. The van der Waals surface area contributed by atoms with Gasteiger partial charge in [0.2, 0.25) is 5.91 Å². The first-order chi connectivity index (χ1) is 12.6. The number of rotatable bonds is 3. The number of nitrogens with zero attached hydrogens (tertiary/aromatic N) is 3. The van der Waals surface area contributed by atoms with Gasteiger partial charge in [-0.1, -0.05) is 12.1 Å². The molecule has 1 N–H and O–H groups in total. The van der Waals surface area contributed by atoms with Gasteiger partial charge >= 0.3 is 0 Å². The van der Waals surface area contributed by atoms with Gasteiger partial charge in [-0.2, -0.15) is 0 Å². The summed E-state index contributed by atoms with van der Waals surface area (Å²) in [6.45, 7) is 1.63. The Morgan fingerprint density at radius 2 is 2.22 bits per heavy atom. The molecule has 6 nitrogen and oxygen atoms in total. The van der Waals surface area contributed by atoms with E-state index in [0.717, 1.165) is 5.56 Å². The monoisotopic (exact) mass is 408 g/mol. The lowest BCUT2D eigenvalue weighted by Gasteiger charge is -2.36. The molecular weight excluding hydrogens is 391 g/mol. The minimum atomic E-state index is -0.330. The van der Waals surface area contributed by atoms with Gasteiger partial charge in [-0.25, -0.2) is 9.37 Å². The van der Waals surface area contributed by atoms with Gasteiger partial charge in [-0.15, -0.1) is 23.7 Å². The van der Waals surface area contributed by atoms with Crippen molar-refractivity contribution in [2.45, 2.75) is 12.6 Å². The molecule has 4 rings (SSSR count). The summed E-state index contributed by atoms with van der Waals surface area (Å²) in [6, 6.07) is 7.74. The molecule has 0 spiro atoms. The van der Waals surface area contributed by atoms with Crippen molar-refractivity contribution in [3.8, 4) is 0 Å². The van der Waals surface area contributed by atoms with Crippen molar-refractivity contribution in [3.63, 3.8) is 0 Å². The normalized spacial score (nSPS) is 16.9. The Kier molecular flexibility index (Phi) is 5.88. The Hall–Kier alpha value is -2.29. The minimum absolute atomic E-state index is 0. The van der Waals surface area contributed by atoms with Crippen LogP contribution in [0, 0.1) is 5.82 Å². The predicted molar refractivity (Wildman–Crippen MR) is 105 cm³/mol. The molecule has 1 aliphatic heterocycles. The summed E-state index contributed by atoms with van der Waals surface area (Å²) in [7, 11) is 0. The maximum Gasteiger partial charge on any atom is 0.262 e. The average Bonchev–Trinajstić information content (AvgIpc) is 3.13. The molecule has 1 saturated heterocycles. The molecular formula is C18H18ClFN4O2S. The van der Waals surface area contributed by atoms with Crippen LogP contribution in [-0.2, 0) is 11.3 Å². The van der Waals surface area contributed by atoms with E-state index in [1.54, 1.807) is 17.0 Å². The van der Waals surface area contributed by atoms with Crippen molar-refractivity contribution in [2.24, 2.45) is 0 Å².